The maximum atomic E-state index is 13.7. The highest BCUT2D eigenvalue weighted by molar-refractivity contribution is 6.31. The lowest BCUT2D eigenvalue weighted by Crippen LogP contribution is -2.16. The Morgan fingerprint density at radius 2 is 1.96 bits per heavy atom. The second kappa shape index (κ2) is 7.36. The average molecular weight is 362 g/mol. The molecule has 7 heteroatoms. The Labute approximate surface area is 148 Å². The summed E-state index contributed by atoms with van der Waals surface area (Å²) in [6.45, 7) is -0.653. The minimum absolute atomic E-state index is 0.0147. The van der Waals surface area contributed by atoms with E-state index in [0.717, 1.165) is 0 Å². The molecule has 128 valence electrons. The van der Waals surface area contributed by atoms with Crippen LogP contribution < -0.4 is 5.32 Å². The molecule has 0 saturated carbocycles. The molecule has 1 aliphatic heterocycles. The van der Waals surface area contributed by atoms with E-state index in [1.807, 2.05) is 6.07 Å². The summed E-state index contributed by atoms with van der Waals surface area (Å²) in [6.07, 6.45) is 0. The zero-order valence-electron chi connectivity index (χ0n) is 12.9. The van der Waals surface area contributed by atoms with E-state index in [9.17, 15) is 14.0 Å². The Balaban J connectivity index is 1.76. The van der Waals surface area contributed by atoms with Crippen LogP contribution in [0.5, 0.6) is 0 Å². The third-order valence-corrected chi connectivity index (χ3v) is 3.85. The van der Waals surface area contributed by atoms with E-state index in [0.29, 0.717) is 5.69 Å². The smallest absolute Gasteiger partial charge is 0.347 e. The lowest BCUT2D eigenvalue weighted by atomic mass is 10.2. The van der Waals surface area contributed by atoms with Gasteiger partial charge in [-0.15, -0.1) is 0 Å². The highest BCUT2D eigenvalue weighted by atomic mass is 35.5. The van der Waals surface area contributed by atoms with Gasteiger partial charge >= 0.3 is 5.97 Å². The molecule has 0 atom stereocenters. The van der Waals surface area contributed by atoms with E-state index in [1.165, 1.54) is 18.2 Å². The van der Waals surface area contributed by atoms with Crippen LogP contribution in [0.1, 0.15) is 5.56 Å². The van der Waals surface area contributed by atoms with Gasteiger partial charge in [-0.2, -0.15) is 0 Å². The fourth-order valence-corrected chi connectivity index (χ4v) is 2.46. The first kappa shape index (κ1) is 17.0. The Morgan fingerprint density at radius 1 is 1.20 bits per heavy atom. The second-order valence-electron chi connectivity index (χ2n) is 5.18. The molecule has 1 N–H and O–H groups in total. The molecule has 2 aromatic carbocycles. The van der Waals surface area contributed by atoms with E-state index in [2.05, 4.69) is 5.32 Å². The summed E-state index contributed by atoms with van der Waals surface area (Å²) in [6, 6.07) is 13.0. The van der Waals surface area contributed by atoms with Crippen molar-refractivity contribution in [2.24, 2.45) is 0 Å². The molecule has 2 aromatic rings. The number of carbonyl (C=O) groups is 2. The van der Waals surface area contributed by atoms with E-state index in [-0.39, 0.29) is 35.3 Å². The third kappa shape index (κ3) is 3.80. The van der Waals surface area contributed by atoms with E-state index < -0.39 is 17.6 Å². The molecule has 0 spiro atoms. The van der Waals surface area contributed by atoms with Gasteiger partial charge in [0.15, 0.2) is 12.2 Å². The molecule has 0 bridgehead atoms. The highest BCUT2D eigenvalue weighted by Crippen LogP contribution is 2.23. The van der Waals surface area contributed by atoms with E-state index in [1.54, 1.807) is 24.3 Å². The van der Waals surface area contributed by atoms with Gasteiger partial charge in [-0.1, -0.05) is 35.9 Å². The summed E-state index contributed by atoms with van der Waals surface area (Å²) < 4.78 is 24.0. The van der Waals surface area contributed by atoms with Gasteiger partial charge in [0, 0.05) is 11.3 Å². The summed E-state index contributed by atoms with van der Waals surface area (Å²) in [5.41, 5.74) is 0.452. The number of para-hydroxylation sites is 1. The molecular weight excluding hydrogens is 349 g/mol. The predicted octanol–water partition coefficient (Wildman–Crippen LogP) is 3.45. The number of anilines is 1. The molecule has 0 amide bonds. The second-order valence-corrected chi connectivity index (χ2v) is 5.59. The maximum Gasteiger partial charge on any atom is 0.347 e. The molecule has 0 aliphatic carbocycles. The number of hydrogen-bond donors (Lipinski definition) is 1. The molecular formula is C18H13ClFNO4. The van der Waals surface area contributed by atoms with Crippen molar-refractivity contribution >= 4 is 29.0 Å². The number of Topliss-reactive ketones (excluding diaryl/α,β-unsaturated/α-hetero) is 1. The van der Waals surface area contributed by atoms with Gasteiger partial charge in [-0.3, -0.25) is 4.79 Å². The number of nitrogens with one attached hydrogen (secondary N) is 1. The number of hydrogen-bond acceptors (Lipinski definition) is 5. The molecule has 0 unspecified atom stereocenters. The van der Waals surface area contributed by atoms with Gasteiger partial charge in [0.25, 0.3) is 0 Å². The number of benzene rings is 2. The first-order chi connectivity index (χ1) is 12.1. The number of ketones is 1. The van der Waals surface area contributed by atoms with Gasteiger partial charge in [0.1, 0.15) is 12.4 Å². The Morgan fingerprint density at radius 3 is 2.68 bits per heavy atom. The molecule has 0 radical (unpaired) electrons. The lowest BCUT2D eigenvalue weighted by molar-refractivity contribution is -0.141. The van der Waals surface area contributed by atoms with E-state index >= 15 is 0 Å². The fourth-order valence-electron chi connectivity index (χ4n) is 2.25. The zero-order chi connectivity index (χ0) is 17.8. The van der Waals surface area contributed by atoms with Crippen molar-refractivity contribution in [3.8, 4) is 0 Å². The summed E-state index contributed by atoms with van der Waals surface area (Å²) in [7, 11) is 0. The number of carbonyl (C=O) groups excluding carboxylic acids is 2. The predicted molar refractivity (Wildman–Crippen MR) is 89.3 cm³/mol. The monoisotopic (exact) mass is 361 g/mol. The van der Waals surface area contributed by atoms with Gasteiger partial charge < -0.3 is 14.8 Å². The number of rotatable bonds is 5. The highest BCUT2D eigenvalue weighted by Gasteiger charge is 2.32. The van der Waals surface area contributed by atoms with Crippen molar-refractivity contribution in [3.63, 3.8) is 0 Å². The summed E-state index contributed by atoms with van der Waals surface area (Å²) in [5, 5.41) is 3.00. The van der Waals surface area contributed by atoms with Crippen molar-refractivity contribution in [3.05, 3.63) is 76.4 Å². The SMILES string of the molecule is O=C1COC(Nc2ccccc2)=C1C(=O)OCc1c(F)cccc1Cl. The molecule has 0 fully saturated rings. The molecule has 5 nitrogen and oxygen atoms in total. The third-order valence-electron chi connectivity index (χ3n) is 3.50. The minimum Gasteiger partial charge on any atom is -0.470 e. The standard InChI is InChI=1S/C18H13ClFNO4/c19-13-7-4-8-14(20)12(13)9-25-18(23)16-15(22)10-24-17(16)21-11-5-2-1-3-6-11/h1-8,21H,9-10H2. The maximum absolute atomic E-state index is 13.7. The van der Waals surface area contributed by atoms with Crippen LogP contribution in [0.4, 0.5) is 10.1 Å². The Kier molecular flexibility index (Phi) is 5.00. The van der Waals surface area contributed by atoms with Crippen LogP contribution in [-0.4, -0.2) is 18.4 Å². The van der Waals surface area contributed by atoms with Crippen LogP contribution in [0.3, 0.4) is 0 Å². The summed E-state index contributed by atoms with van der Waals surface area (Å²) >= 11 is 5.89. The molecule has 1 heterocycles. The topological polar surface area (TPSA) is 64.6 Å². The van der Waals surface area contributed by atoms with Crippen LogP contribution in [-0.2, 0) is 25.7 Å². The van der Waals surface area contributed by atoms with Crippen LogP contribution in [0, 0.1) is 5.82 Å². The molecule has 25 heavy (non-hydrogen) atoms. The van der Waals surface area contributed by atoms with Crippen molar-refractivity contribution in [1.29, 1.82) is 0 Å². The van der Waals surface area contributed by atoms with Crippen LogP contribution in [0.15, 0.2) is 60.0 Å². The molecule has 0 saturated heterocycles. The average Bonchev–Trinajstić information content (AvgIpc) is 2.95. The van der Waals surface area contributed by atoms with Gasteiger partial charge in [0.05, 0.1) is 5.02 Å². The molecule has 1 aliphatic rings. The Hall–Kier alpha value is -2.86. The van der Waals surface area contributed by atoms with Crippen molar-refractivity contribution < 1.29 is 23.5 Å². The van der Waals surface area contributed by atoms with Crippen LogP contribution in [0.2, 0.25) is 5.02 Å². The largest absolute Gasteiger partial charge is 0.470 e. The van der Waals surface area contributed by atoms with Crippen LogP contribution in [0.25, 0.3) is 0 Å². The van der Waals surface area contributed by atoms with Crippen LogP contribution >= 0.6 is 11.6 Å². The first-order valence-electron chi connectivity index (χ1n) is 7.38. The number of esters is 1. The van der Waals surface area contributed by atoms with Crippen molar-refractivity contribution in [2.75, 3.05) is 11.9 Å². The van der Waals surface area contributed by atoms with Crippen molar-refractivity contribution in [1.82, 2.24) is 0 Å². The number of ether oxygens (including phenoxy) is 2. The molecule has 0 aromatic heterocycles. The summed E-state index contributed by atoms with van der Waals surface area (Å²) in [4.78, 5) is 24.2. The first-order valence-corrected chi connectivity index (χ1v) is 7.76. The fraction of sp³-hybridized carbons (Fsp3) is 0.111. The van der Waals surface area contributed by atoms with Gasteiger partial charge in [-0.25, -0.2) is 9.18 Å². The Bertz CT molecular complexity index is 831. The quantitative estimate of drug-likeness (QED) is 0.652. The van der Waals surface area contributed by atoms with Gasteiger partial charge in [0.2, 0.25) is 11.7 Å². The minimum atomic E-state index is -0.903. The van der Waals surface area contributed by atoms with E-state index in [4.69, 9.17) is 21.1 Å². The molecule has 3 rings (SSSR count). The van der Waals surface area contributed by atoms with Crippen molar-refractivity contribution in [2.45, 2.75) is 6.61 Å². The number of halogens is 2. The zero-order valence-corrected chi connectivity index (χ0v) is 13.7. The van der Waals surface area contributed by atoms with Gasteiger partial charge in [-0.05, 0) is 24.3 Å². The normalized spacial score (nSPS) is 13.6. The lowest BCUT2D eigenvalue weighted by Gasteiger charge is -2.10. The summed E-state index contributed by atoms with van der Waals surface area (Å²) in [5.74, 6) is -1.99.